The molecular weight excluding hydrogens is 324 g/mol. The first-order valence-electron chi connectivity index (χ1n) is 8.83. The number of hydrogen-bond acceptors (Lipinski definition) is 3. The Morgan fingerprint density at radius 2 is 1.73 bits per heavy atom. The molecule has 1 heterocycles. The smallest absolute Gasteiger partial charge is 0.121 e. The van der Waals surface area contributed by atoms with Crippen LogP contribution in [0.1, 0.15) is 12.5 Å². The third-order valence-corrected chi connectivity index (χ3v) is 4.57. The molecule has 0 bridgehead atoms. The molecule has 1 atom stereocenters. The van der Waals surface area contributed by atoms with Gasteiger partial charge in [-0.25, -0.2) is 0 Å². The maximum atomic E-state index is 9.43. The molecule has 3 aromatic carbocycles. The van der Waals surface area contributed by atoms with Crippen molar-refractivity contribution in [1.82, 2.24) is 4.98 Å². The summed E-state index contributed by atoms with van der Waals surface area (Å²) in [4.78, 5) is 3.44. The molecule has 0 amide bonds. The molecule has 4 nitrogen and oxygen atoms in total. The Kier molecular flexibility index (Phi) is 4.50. The van der Waals surface area contributed by atoms with E-state index in [0.717, 1.165) is 28.0 Å². The second-order valence-corrected chi connectivity index (χ2v) is 6.55. The fraction of sp³-hybridized carbons (Fsp3) is 0.182. The molecule has 4 heteroatoms. The average Bonchev–Trinajstić information content (AvgIpc) is 3.04. The molecule has 0 aliphatic rings. The monoisotopic (exact) mass is 346 g/mol. The summed E-state index contributed by atoms with van der Waals surface area (Å²) in [6.07, 6.45) is 0. The predicted molar refractivity (Wildman–Crippen MR) is 107 cm³/mol. The van der Waals surface area contributed by atoms with E-state index in [1.165, 1.54) is 10.8 Å². The Labute approximate surface area is 152 Å². The van der Waals surface area contributed by atoms with E-state index in [-0.39, 0.29) is 12.6 Å². The second-order valence-electron chi connectivity index (χ2n) is 6.55. The molecular formula is C22H22N2O2. The minimum Gasteiger partial charge on any atom is -0.491 e. The lowest BCUT2D eigenvalue weighted by Crippen LogP contribution is -2.24. The van der Waals surface area contributed by atoms with Gasteiger partial charge < -0.3 is 20.1 Å². The summed E-state index contributed by atoms with van der Waals surface area (Å²) in [7, 11) is 0. The number of fused-ring (bicyclic) bond motifs is 3. The highest BCUT2D eigenvalue weighted by Crippen LogP contribution is 2.28. The molecule has 4 aromatic rings. The molecule has 0 saturated carbocycles. The van der Waals surface area contributed by atoms with Crippen LogP contribution in [-0.2, 0) is 6.61 Å². The fourth-order valence-corrected chi connectivity index (χ4v) is 3.25. The highest BCUT2D eigenvalue weighted by molar-refractivity contribution is 6.07. The summed E-state index contributed by atoms with van der Waals surface area (Å²) >= 11 is 0. The van der Waals surface area contributed by atoms with Crippen LogP contribution < -0.4 is 10.1 Å². The predicted octanol–water partition coefficient (Wildman–Crippen LogP) is 4.69. The van der Waals surface area contributed by atoms with E-state index in [4.69, 9.17) is 4.74 Å². The molecule has 3 N–H and O–H groups in total. The van der Waals surface area contributed by atoms with Gasteiger partial charge in [0.1, 0.15) is 12.4 Å². The quantitative estimate of drug-likeness (QED) is 0.474. The molecule has 0 aliphatic carbocycles. The molecule has 0 aliphatic heterocycles. The number of benzene rings is 3. The van der Waals surface area contributed by atoms with E-state index in [0.29, 0.717) is 6.61 Å². The van der Waals surface area contributed by atoms with Gasteiger partial charge in [0, 0.05) is 33.6 Å². The number of aromatic amines is 1. The first kappa shape index (κ1) is 16.5. The number of aliphatic hydroxyl groups is 1. The van der Waals surface area contributed by atoms with Crippen LogP contribution in [0.5, 0.6) is 5.75 Å². The van der Waals surface area contributed by atoms with Crippen LogP contribution in [-0.4, -0.2) is 22.7 Å². The summed E-state index contributed by atoms with van der Waals surface area (Å²) in [5.41, 5.74) is 4.04. The SMILES string of the molecule is CC(COc1ccc2c(c1)[nH]c1ccccc12)Nc1ccccc1CO. The number of anilines is 1. The summed E-state index contributed by atoms with van der Waals surface area (Å²) in [6, 6.07) is 22.3. The first-order valence-corrected chi connectivity index (χ1v) is 8.83. The molecule has 0 fully saturated rings. The zero-order valence-electron chi connectivity index (χ0n) is 14.7. The number of aliphatic hydroxyl groups excluding tert-OH is 1. The van der Waals surface area contributed by atoms with Crippen LogP contribution in [0.25, 0.3) is 21.8 Å². The van der Waals surface area contributed by atoms with E-state index in [9.17, 15) is 5.11 Å². The lowest BCUT2D eigenvalue weighted by atomic mass is 10.1. The Bertz CT molecular complexity index is 1040. The number of H-pyrrole nitrogens is 1. The molecule has 0 saturated heterocycles. The number of nitrogens with one attached hydrogen (secondary N) is 2. The second kappa shape index (κ2) is 7.10. The number of aromatic nitrogens is 1. The van der Waals surface area contributed by atoms with E-state index in [2.05, 4.69) is 41.5 Å². The van der Waals surface area contributed by atoms with E-state index >= 15 is 0 Å². The minimum atomic E-state index is 0.0216. The number of rotatable bonds is 6. The highest BCUT2D eigenvalue weighted by atomic mass is 16.5. The van der Waals surface area contributed by atoms with Crippen molar-refractivity contribution in [2.45, 2.75) is 19.6 Å². The molecule has 0 radical (unpaired) electrons. The van der Waals surface area contributed by atoms with Crippen LogP contribution >= 0.6 is 0 Å². The lowest BCUT2D eigenvalue weighted by Gasteiger charge is -2.18. The number of ether oxygens (including phenoxy) is 1. The van der Waals surface area contributed by atoms with Gasteiger partial charge in [0.05, 0.1) is 18.2 Å². The third-order valence-electron chi connectivity index (χ3n) is 4.57. The van der Waals surface area contributed by atoms with Crippen LogP contribution in [0, 0.1) is 0 Å². The third kappa shape index (κ3) is 3.24. The largest absolute Gasteiger partial charge is 0.491 e. The zero-order chi connectivity index (χ0) is 17.9. The highest BCUT2D eigenvalue weighted by Gasteiger charge is 2.08. The average molecular weight is 346 g/mol. The molecule has 132 valence electrons. The van der Waals surface area contributed by atoms with Gasteiger partial charge in [0.25, 0.3) is 0 Å². The van der Waals surface area contributed by atoms with Gasteiger partial charge in [-0.3, -0.25) is 0 Å². The van der Waals surface area contributed by atoms with Gasteiger partial charge in [0.2, 0.25) is 0 Å². The minimum absolute atomic E-state index is 0.0216. The van der Waals surface area contributed by atoms with Crippen molar-refractivity contribution in [1.29, 1.82) is 0 Å². The number of hydrogen-bond donors (Lipinski definition) is 3. The maximum absolute atomic E-state index is 9.43. The van der Waals surface area contributed by atoms with Crippen LogP contribution in [0.4, 0.5) is 5.69 Å². The summed E-state index contributed by atoms with van der Waals surface area (Å²) in [5.74, 6) is 0.841. The van der Waals surface area contributed by atoms with Crippen molar-refractivity contribution in [3.05, 3.63) is 72.3 Å². The maximum Gasteiger partial charge on any atom is 0.121 e. The van der Waals surface area contributed by atoms with Crippen LogP contribution in [0.15, 0.2) is 66.7 Å². The molecule has 0 spiro atoms. The van der Waals surface area contributed by atoms with Crippen molar-refractivity contribution in [2.24, 2.45) is 0 Å². The number of para-hydroxylation sites is 2. The topological polar surface area (TPSA) is 57.3 Å². The van der Waals surface area contributed by atoms with Gasteiger partial charge in [0.15, 0.2) is 0 Å². The summed E-state index contributed by atoms with van der Waals surface area (Å²) in [6.45, 7) is 2.62. The Balaban J connectivity index is 1.46. The van der Waals surface area contributed by atoms with Gasteiger partial charge in [-0.05, 0) is 31.2 Å². The van der Waals surface area contributed by atoms with Crippen LogP contribution in [0.2, 0.25) is 0 Å². The molecule has 1 aromatic heterocycles. The van der Waals surface area contributed by atoms with Crippen molar-refractivity contribution in [3.8, 4) is 5.75 Å². The Morgan fingerprint density at radius 1 is 0.962 bits per heavy atom. The van der Waals surface area contributed by atoms with Crippen molar-refractivity contribution in [2.75, 3.05) is 11.9 Å². The standard InChI is InChI=1S/C22H22N2O2/c1-15(23-20-8-4-2-6-16(20)13-25)14-26-17-10-11-19-18-7-3-5-9-21(18)24-22(19)12-17/h2-12,15,23-25H,13-14H2,1H3. The van der Waals surface area contributed by atoms with Crippen molar-refractivity contribution in [3.63, 3.8) is 0 Å². The van der Waals surface area contributed by atoms with Crippen LogP contribution in [0.3, 0.4) is 0 Å². The van der Waals surface area contributed by atoms with Crippen molar-refractivity contribution < 1.29 is 9.84 Å². The van der Waals surface area contributed by atoms with E-state index < -0.39 is 0 Å². The molecule has 1 unspecified atom stereocenters. The zero-order valence-corrected chi connectivity index (χ0v) is 14.7. The van der Waals surface area contributed by atoms with Crippen molar-refractivity contribution >= 4 is 27.5 Å². The van der Waals surface area contributed by atoms with Gasteiger partial charge >= 0.3 is 0 Å². The summed E-state index contributed by atoms with van der Waals surface area (Å²) < 4.78 is 5.97. The Morgan fingerprint density at radius 3 is 2.62 bits per heavy atom. The van der Waals surface area contributed by atoms with Gasteiger partial charge in [-0.15, -0.1) is 0 Å². The fourth-order valence-electron chi connectivity index (χ4n) is 3.25. The normalized spacial score (nSPS) is 12.4. The van der Waals surface area contributed by atoms with Gasteiger partial charge in [-0.2, -0.15) is 0 Å². The Hall–Kier alpha value is -2.98. The summed E-state index contributed by atoms with van der Waals surface area (Å²) in [5, 5.41) is 15.3. The molecule has 4 rings (SSSR count). The molecule has 26 heavy (non-hydrogen) atoms. The van der Waals surface area contributed by atoms with Gasteiger partial charge in [-0.1, -0.05) is 36.4 Å². The van der Waals surface area contributed by atoms with E-state index in [1.807, 2.05) is 42.5 Å². The van der Waals surface area contributed by atoms with E-state index in [1.54, 1.807) is 0 Å². The lowest BCUT2D eigenvalue weighted by molar-refractivity contribution is 0.281. The first-order chi connectivity index (χ1) is 12.7.